The summed E-state index contributed by atoms with van der Waals surface area (Å²) >= 11 is 3.48. The van der Waals surface area contributed by atoms with E-state index in [-0.39, 0.29) is 11.9 Å². The second-order valence-electron chi connectivity index (χ2n) is 9.09. The van der Waals surface area contributed by atoms with E-state index < -0.39 is 0 Å². The molecule has 1 saturated carbocycles. The predicted molar refractivity (Wildman–Crippen MR) is 134 cm³/mol. The van der Waals surface area contributed by atoms with Gasteiger partial charge in [0.1, 0.15) is 0 Å². The summed E-state index contributed by atoms with van der Waals surface area (Å²) in [4.78, 5) is 23.9. The van der Waals surface area contributed by atoms with E-state index in [1.807, 2.05) is 36.4 Å². The first-order valence-corrected chi connectivity index (χ1v) is 12.6. The minimum absolute atomic E-state index is 0.01000. The molecule has 1 saturated heterocycles. The quantitative estimate of drug-likeness (QED) is 0.352. The first-order valence-electron chi connectivity index (χ1n) is 11.8. The van der Waals surface area contributed by atoms with Crippen LogP contribution in [-0.4, -0.2) is 40.2 Å². The zero-order valence-corrected chi connectivity index (χ0v) is 20.6. The third-order valence-corrected chi connectivity index (χ3v) is 7.12. The number of benzene rings is 2. The number of piperidine rings is 1. The van der Waals surface area contributed by atoms with Gasteiger partial charge < -0.3 is 19.2 Å². The summed E-state index contributed by atoms with van der Waals surface area (Å²) in [7, 11) is 0. The van der Waals surface area contributed by atoms with Gasteiger partial charge in [-0.1, -0.05) is 39.3 Å². The van der Waals surface area contributed by atoms with Gasteiger partial charge in [-0.2, -0.15) is 4.98 Å². The summed E-state index contributed by atoms with van der Waals surface area (Å²) in [6.45, 7) is 1.48. The molecule has 8 nitrogen and oxygen atoms in total. The molecule has 0 radical (unpaired) electrons. The largest absolute Gasteiger partial charge is 0.444 e. The lowest BCUT2D eigenvalue weighted by atomic mass is 9.97. The van der Waals surface area contributed by atoms with Gasteiger partial charge in [0.05, 0.1) is 6.20 Å². The smallest absolute Gasteiger partial charge is 0.324 e. The molecule has 2 fully saturated rings. The summed E-state index contributed by atoms with van der Waals surface area (Å²) < 4.78 is 11.9. The standard InChI is InChI=1S/C26H24BrN5O3/c27-19-3-1-2-18(12-19)24-30-26(35-31-24)32-10-8-20(9-11-32)29-25(33)21-7-6-17(23-14-28-15-34-23)13-22(21)16-4-5-16/h1-3,6-7,12-16,20H,4-5,8-11H2,(H,29,33). The number of aromatic nitrogens is 3. The van der Waals surface area contributed by atoms with Gasteiger partial charge >= 0.3 is 6.01 Å². The maximum absolute atomic E-state index is 13.2. The molecular weight excluding hydrogens is 510 g/mol. The van der Waals surface area contributed by atoms with Crippen LogP contribution in [0.2, 0.25) is 0 Å². The molecule has 178 valence electrons. The Labute approximate surface area is 210 Å². The third-order valence-electron chi connectivity index (χ3n) is 6.63. The van der Waals surface area contributed by atoms with Crippen LogP contribution in [0.3, 0.4) is 0 Å². The average Bonchev–Trinajstić information content (AvgIpc) is 3.36. The summed E-state index contributed by atoms with van der Waals surface area (Å²) in [6, 6.07) is 14.4. The van der Waals surface area contributed by atoms with Crippen LogP contribution in [0.4, 0.5) is 6.01 Å². The van der Waals surface area contributed by atoms with Gasteiger partial charge in [-0.25, -0.2) is 4.98 Å². The van der Waals surface area contributed by atoms with Gasteiger partial charge in [0.15, 0.2) is 12.2 Å². The number of nitrogens with one attached hydrogen (secondary N) is 1. The second kappa shape index (κ2) is 9.30. The highest BCUT2D eigenvalue weighted by Crippen LogP contribution is 2.43. The van der Waals surface area contributed by atoms with Crippen LogP contribution < -0.4 is 10.2 Å². The van der Waals surface area contributed by atoms with Crippen molar-refractivity contribution >= 4 is 27.9 Å². The molecule has 2 aromatic heterocycles. The minimum atomic E-state index is -0.01000. The highest BCUT2D eigenvalue weighted by molar-refractivity contribution is 9.10. The Morgan fingerprint density at radius 2 is 1.91 bits per heavy atom. The maximum Gasteiger partial charge on any atom is 0.324 e. The van der Waals surface area contributed by atoms with E-state index in [0.29, 0.717) is 17.8 Å². The normalized spacial score (nSPS) is 16.4. The second-order valence-corrected chi connectivity index (χ2v) is 10.0. The van der Waals surface area contributed by atoms with E-state index in [1.54, 1.807) is 6.20 Å². The van der Waals surface area contributed by atoms with E-state index in [1.165, 1.54) is 6.39 Å². The number of carbonyl (C=O) groups is 1. The van der Waals surface area contributed by atoms with Gasteiger partial charge in [0.25, 0.3) is 5.91 Å². The van der Waals surface area contributed by atoms with E-state index in [9.17, 15) is 4.79 Å². The summed E-state index contributed by atoms with van der Waals surface area (Å²) in [6.07, 6.45) is 6.99. The lowest BCUT2D eigenvalue weighted by molar-refractivity contribution is 0.0930. The van der Waals surface area contributed by atoms with Crippen molar-refractivity contribution in [3.63, 3.8) is 0 Å². The SMILES string of the molecule is O=C(NC1CCN(c2nc(-c3cccc(Br)c3)no2)CC1)c1ccc(-c2cnco2)cc1C1CC1. The number of hydrogen-bond acceptors (Lipinski definition) is 7. The number of oxazole rings is 1. The number of anilines is 1. The summed E-state index contributed by atoms with van der Waals surface area (Å²) in [5, 5.41) is 7.39. The Kier molecular flexibility index (Phi) is 5.85. The minimum Gasteiger partial charge on any atom is -0.444 e. The van der Waals surface area contributed by atoms with Gasteiger partial charge in [0.2, 0.25) is 5.82 Å². The molecule has 4 aromatic rings. The first kappa shape index (κ1) is 22.0. The molecule has 2 aliphatic rings. The van der Waals surface area contributed by atoms with Crippen molar-refractivity contribution in [3.05, 3.63) is 70.7 Å². The van der Waals surface area contributed by atoms with Crippen molar-refractivity contribution < 1.29 is 13.7 Å². The highest BCUT2D eigenvalue weighted by Gasteiger charge is 2.30. The van der Waals surface area contributed by atoms with Gasteiger partial charge in [-0.3, -0.25) is 4.79 Å². The molecule has 1 aliphatic carbocycles. The maximum atomic E-state index is 13.2. The van der Waals surface area contributed by atoms with Crippen molar-refractivity contribution in [1.82, 2.24) is 20.4 Å². The summed E-state index contributed by atoms with van der Waals surface area (Å²) in [5.41, 5.74) is 3.71. The summed E-state index contributed by atoms with van der Waals surface area (Å²) in [5.74, 6) is 1.72. The van der Waals surface area contributed by atoms with Crippen molar-refractivity contribution in [3.8, 4) is 22.7 Å². The molecule has 6 rings (SSSR count). The van der Waals surface area contributed by atoms with Crippen LogP contribution in [0.5, 0.6) is 0 Å². The van der Waals surface area contributed by atoms with Crippen molar-refractivity contribution in [2.45, 2.75) is 37.6 Å². The lowest BCUT2D eigenvalue weighted by Gasteiger charge is -2.31. The Morgan fingerprint density at radius 1 is 1.06 bits per heavy atom. The molecule has 0 spiro atoms. The van der Waals surface area contributed by atoms with Gasteiger partial charge in [-0.15, -0.1) is 0 Å². The fourth-order valence-corrected chi connectivity index (χ4v) is 4.98. The molecule has 0 atom stereocenters. The van der Waals surface area contributed by atoms with E-state index >= 15 is 0 Å². The van der Waals surface area contributed by atoms with Crippen LogP contribution in [0, 0.1) is 0 Å². The Hall–Kier alpha value is -3.46. The third kappa shape index (κ3) is 4.73. The Morgan fingerprint density at radius 3 is 2.66 bits per heavy atom. The highest BCUT2D eigenvalue weighted by atomic mass is 79.9. The zero-order chi connectivity index (χ0) is 23.8. The first-order chi connectivity index (χ1) is 17.1. The number of amides is 1. The van der Waals surface area contributed by atoms with E-state index in [2.05, 4.69) is 47.3 Å². The van der Waals surface area contributed by atoms with Gasteiger partial charge in [0, 0.05) is 40.3 Å². The molecule has 3 heterocycles. The number of hydrogen-bond donors (Lipinski definition) is 1. The number of rotatable bonds is 6. The number of nitrogens with zero attached hydrogens (tertiary/aromatic N) is 4. The van der Waals surface area contributed by atoms with Crippen molar-refractivity contribution in [1.29, 1.82) is 0 Å². The molecule has 1 aliphatic heterocycles. The van der Waals surface area contributed by atoms with E-state index in [4.69, 9.17) is 8.94 Å². The zero-order valence-electron chi connectivity index (χ0n) is 19.0. The number of halogens is 1. The molecule has 2 aromatic carbocycles. The van der Waals surface area contributed by atoms with Crippen molar-refractivity contribution in [2.24, 2.45) is 0 Å². The number of carbonyl (C=O) groups excluding carboxylic acids is 1. The molecule has 0 bridgehead atoms. The molecular formula is C26H24BrN5O3. The van der Waals surface area contributed by atoms with Crippen LogP contribution in [0.1, 0.15) is 47.5 Å². The molecule has 0 unspecified atom stereocenters. The molecule has 35 heavy (non-hydrogen) atoms. The monoisotopic (exact) mass is 533 g/mol. The Balaban J connectivity index is 1.10. The fourth-order valence-electron chi connectivity index (χ4n) is 4.58. The molecule has 1 N–H and O–H groups in total. The van der Waals surface area contributed by atoms with E-state index in [0.717, 1.165) is 71.3 Å². The van der Waals surface area contributed by atoms with Crippen LogP contribution in [0.15, 0.2) is 68.5 Å². The lowest BCUT2D eigenvalue weighted by Crippen LogP contribution is -2.45. The van der Waals surface area contributed by atoms with Gasteiger partial charge in [-0.05, 0) is 61.4 Å². The van der Waals surface area contributed by atoms with Crippen molar-refractivity contribution in [2.75, 3.05) is 18.0 Å². The fraction of sp³-hybridized carbons (Fsp3) is 0.308. The average molecular weight is 534 g/mol. The van der Waals surface area contributed by atoms with Crippen LogP contribution in [0.25, 0.3) is 22.7 Å². The topological polar surface area (TPSA) is 97.3 Å². The van der Waals surface area contributed by atoms with Crippen LogP contribution >= 0.6 is 15.9 Å². The Bertz CT molecular complexity index is 1340. The van der Waals surface area contributed by atoms with Crippen LogP contribution in [-0.2, 0) is 0 Å². The molecule has 1 amide bonds. The predicted octanol–water partition coefficient (Wildman–Crippen LogP) is 5.43. The molecule has 9 heteroatoms.